The number of fused-ring (bicyclic) bond motifs is 4. The van der Waals surface area contributed by atoms with E-state index in [1.807, 2.05) is 0 Å². The van der Waals surface area contributed by atoms with Crippen LogP contribution < -0.4 is 4.57 Å². The SMILES string of the molecule is CC1=CC2=C(C[n+]3c2ccc2c3CCC=C2)C(C)C1. The standard InChI is InChI=1S/C18H20N/c1-12-9-13(2)16-11-19-17-6-4-3-5-14(17)7-8-18(19)15(16)10-12/h3,5,7-8,10,13H,4,6,9,11H2,1-2H3/q+1. The van der Waals surface area contributed by atoms with Crippen molar-refractivity contribution >= 4 is 11.6 Å². The van der Waals surface area contributed by atoms with Crippen LogP contribution in [0.1, 0.15) is 43.6 Å². The lowest BCUT2D eigenvalue weighted by atomic mass is 9.85. The highest BCUT2D eigenvalue weighted by Crippen LogP contribution is 2.37. The van der Waals surface area contributed by atoms with Crippen LogP contribution in [0.25, 0.3) is 11.6 Å². The summed E-state index contributed by atoms with van der Waals surface area (Å²) in [4.78, 5) is 0. The van der Waals surface area contributed by atoms with Crippen molar-refractivity contribution in [3.8, 4) is 0 Å². The fourth-order valence-corrected chi connectivity index (χ4v) is 3.85. The number of pyridine rings is 1. The van der Waals surface area contributed by atoms with Gasteiger partial charge in [0.1, 0.15) is 0 Å². The quantitative estimate of drug-likeness (QED) is 0.618. The molecule has 19 heavy (non-hydrogen) atoms. The average molecular weight is 250 g/mol. The summed E-state index contributed by atoms with van der Waals surface area (Å²) in [6, 6.07) is 4.62. The van der Waals surface area contributed by atoms with Gasteiger partial charge in [-0.1, -0.05) is 24.6 Å². The molecular weight excluding hydrogens is 230 g/mol. The largest absolute Gasteiger partial charge is 0.213 e. The molecule has 3 aliphatic rings. The molecule has 0 spiro atoms. The lowest BCUT2D eigenvalue weighted by molar-refractivity contribution is -0.694. The number of aromatic nitrogens is 1. The molecule has 0 saturated heterocycles. The molecule has 0 N–H and O–H groups in total. The average Bonchev–Trinajstić information content (AvgIpc) is 2.78. The first-order valence-electron chi connectivity index (χ1n) is 7.37. The van der Waals surface area contributed by atoms with Crippen molar-refractivity contribution in [2.45, 2.75) is 39.7 Å². The molecule has 1 unspecified atom stereocenters. The number of hydrogen-bond acceptors (Lipinski definition) is 0. The number of nitrogens with zero attached hydrogens (tertiary/aromatic N) is 1. The summed E-state index contributed by atoms with van der Waals surface area (Å²) in [5.74, 6) is 0.703. The Labute approximate surface area is 115 Å². The fourth-order valence-electron chi connectivity index (χ4n) is 3.85. The molecule has 96 valence electrons. The summed E-state index contributed by atoms with van der Waals surface area (Å²) < 4.78 is 2.56. The van der Waals surface area contributed by atoms with Crippen molar-refractivity contribution in [2.24, 2.45) is 5.92 Å². The molecule has 2 aliphatic carbocycles. The van der Waals surface area contributed by atoms with E-state index < -0.39 is 0 Å². The Hall–Kier alpha value is -1.63. The van der Waals surface area contributed by atoms with E-state index in [1.165, 1.54) is 47.4 Å². The lowest BCUT2D eigenvalue weighted by Crippen LogP contribution is -2.40. The van der Waals surface area contributed by atoms with Gasteiger partial charge in [0.05, 0.1) is 5.57 Å². The van der Waals surface area contributed by atoms with E-state index in [1.54, 1.807) is 5.57 Å². The van der Waals surface area contributed by atoms with Gasteiger partial charge in [0.15, 0.2) is 12.2 Å². The zero-order chi connectivity index (χ0) is 13.0. The molecule has 1 aliphatic heterocycles. The highest BCUT2D eigenvalue weighted by Gasteiger charge is 2.35. The second-order valence-corrected chi connectivity index (χ2v) is 6.18. The van der Waals surface area contributed by atoms with Gasteiger partial charge in [0.25, 0.3) is 0 Å². The van der Waals surface area contributed by atoms with Crippen molar-refractivity contribution in [2.75, 3.05) is 0 Å². The molecule has 1 nitrogen and oxygen atoms in total. The molecule has 0 bridgehead atoms. The van der Waals surface area contributed by atoms with Crippen molar-refractivity contribution in [1.29, 1.82) is 0 Å². The summed E-state index contributed by atoms with van der Waals surface area (Å²) >= 11 is 0. The monoisotopic (exact) mass is 250 g/mol. The van der Waals surface area contributed by atoms with Gasteiger partial charge < -0.3 is 0 Å². The van der Waals surface area contributed by atoms with Crippen LogP contribution in [-0.2, 0) is 13.0 Å². The molecule has 0 amide bonds. The molecule has 2 heterocycles. The van der Waals surface area contributed by atoms with Gasteiger partial charge in [0, 0.05) is 23.6 Å². The van der Waals surface area contributed by atoms with Crippen LogP contribution in [0.5, 0.6) is 0 Å². The highest BCUT2D eigenvalue weighted by atomic mass is 15.0. The second kappa shape index (κ2) is 3.93. The number of hydrogen-bond donors (Lipinski definition) is 0. The Morgan fingerprint density at radius 2 is 2.16 bits per heavy atom. The van der Waals surface area contributed by atoms with Gasteiger partial charge in [0.2, 0.25) is 5.69 Å². The molecule has 0 saturated carbocycles. The predicted octanol–water partition coefficient (Wildman–Crippen LogP) is 3.69. The molecule has 1 aromatic rings. The van der Waals surface area contributed by atoms with Crippen molar-refractivity contribution < 1.29 is 4.57 Å². The minimum atomic E-state index is 0.703. The first-order chi connectivity index (χ1) is 9.24. The van der Waals surface area contributed by atoms with Crippen LogP contribution >= 0.6 is 0 Å². The van der Waals surface area contributed by atoms with E-state index in [0.717, 1.165) is 6.54 Å². The summed E-state index contributed by atoms with van der Waals surface area (Å²) in [6.07, 6.45) is 10.6. The van der Waals surface area contributed by atoms with Crippen LogP contribution in [0, 0.1) is 5.92 Å². The Kier molecular flexibility index (Phi) is 2.32. The molecule has 0 fully saturated rings. The predicted molar refractivity (Wildman–Crippen MR) is 78.5 cm³/mol. The maximum absolute atomic E-state index is 2.56. The summed E-state index contributed by atoms with van der Waals surface area (Å²) in [7, 11) is 0. The van der Waals surface area contributed by atoms with Gasteiger partial charge in [-0.2, -0.15) is 4.57 Å². The minimum absolute atomic E-state index is 0.703. The molecule has 4 rings (SSSR count). The summed E-state index contributed by atoms with van der Waals surface area (Å²) in [5, 5.41) is 0. The Morgan fingerprint density at radius 3 is 3.05 bits per heavy atom. The minimum Gasteiger partial charge on any atom is -0.191 e. The maximum Gasteiger partial charge on any atom is 0.213 e. The second-order valence-electron chi connectivity index (χ2n) is 6.18. The van der Waals surface area contributed by atoms with E-state index in [4.69, 9.17) is 0 Å². The molecule has 1 atom stereocenters. The molecule has 0 aromatic carbocycles. The molecule has 1 heteroatoms. The van der Waals surface area contributed by atoms with Gasteiger partial charge in [-0.3, -0.25) is 0 Å². The third-order valence-electron chi connectivity index (χ3n) is 4.78. The topological polar surface area (TPSA) is 3.88 Å². The lowest BCUT2D eigenvalue weighted by Gasteiger charge is -2.16. The maximum atomic E-state index is 2.56. The van der Waals surface area contributed by atoms with Crippen molar-refractivity contribution in [3.63, 3.8) is 0 Å². The first-order valence-corrected chi connectivity index (χ1v) is 7.37. The van der Waals surface area contributed by atoms with Crippen LogP contribution in [0.3, 0.4) is 0 Å². The van der Waals surface area contributed by atoms with Gasteiger partial charge in [-0.15, -0.1) is 0 Å². The van der Waals surface area contributed by atoms with Crippen LogP contribution in [-0.4, -0.2) is 0 Å². The summed E-state index contributed by atoms with van der Waals surface area (Å²) in [5.41, 5.74) is 9.07. The van der Waals surface area contributed by atoms with Crippen LogP contribution in [0.2, 0.25) is 0 Å². The number of rotatable bonds is 0. The zero-order valence-corrected chi connectivity index (χ0v) is 11.7. The van der Waals surface area contributed by atoms with E-state index in [-0.39, 0.29) is 0 Å². The van der Waals surface area contributed by atoms with Gasteiger partial charge >= 0.3 is 0 Å². The van der Waals surface area contributed by atoms with E-state index in [0.29, 0.717) is 5.92 Å². The van der Waals surface area contributed by atoms with E-state index in [9.17, 15) is 0 Å². The highest BCUT2D eigenvalue weighted by molar-refractivity contribution is 5.77. The Balaban J connectivity index is 1.90. The van der Waals surface area contributed by atoms with E-state index in [2.05, 4.69) is 48.8 Å². The van der Waals surface area contributed by atoms with Gasteiger partial charge in [-0.05, 0) is 37.8 Å². The molecule has 1 aromatic heterocycles. The first kappa shape index (κ1) is 11.2. The Bertz CT molecular complexity index is 659. The van der Waals surface area contributed by atoms with Gasteiger partial charge in [-0.25, -0.2) is 0 Å². The Morgan fingerprint density at radius 1 is 1.26 bits per heavy atom. The van der Waals surface area contributed by atoms with Crippen molar-refractivity contribution in [3.05, 3.63) is 52.4 Å². The van der Waals surface area contributed by atoms with E-state index >= 15 is 0 Å². The number of allylic oxidation sites excluding steroid dienone is 5. The van der Waals surface area contributed by atoms with Crippen LogP contribution in [0.4, 0.5) is 0 Å². The molecular formula is C18H20N+. The summed E-state index contributed by atoms with van der Waals surface area (Å²) in [6.45, 7) is 5.77. The zero-order valence-electron chi connectivity index (χ0n) is 11.7. The van der Waals surface area contributed by atoms with Crippen molar-refractivity contribution in [1.82, 2.24) is 0 Å². The third kappa shape index (κ3) is 1.57. The fraction of sp³-hybridized carbons (Fsp3) is 0.389. The smallest absolute Gasteiger partial charge is 0.191 e. The normalized spacial score (nSPS) is 23.9. The van der Waals surface area contributed by atoms with Crippen LogP contribution in [0.15, 0.2) is 35.4 Å². The third-order valence-corrected chi connectivity index (χ3v) is 4.78. The molecule has 0 radical (unpaired) electrons.